The molecule has 1 N–H and O–H groups in total. The van der Waals surface area contributed by atoms with Crippen molar-refractivity contribution in [3.8, 4) is 0 Å². The molecule has 0 amide bonds. The molecule has 114 valence electrons. The second-order valence-electron chi connectivity index (χ2n) is 7.50. The maximum atomic E-state index is 6.33. The van der Waals surface area contributed by atoms with Crippen LogP contribution >= 0.6 is 0 Å². The van der Waals surface area contributed by atoms with Gasteiger partial charge in [0.15, 0.2) is 0 Å². The Hall–Kier alpha value is -1.28. The normalized spacial score (nSPS) is 17.4. The Bertz CT molecular complexity index is 643. The van der Waals surface area contributed by atoms with Crippen molar-refractivity contribution in [3.63, 3.8) is 0 Å². The van der Waals surface area contributed by atoms with Crippen LogP contribution in [0.4, 0.5) is 0 Å². The van der Waals surface area contributed by atoms with E-state index >= 15 is 0 Å². The Kier molecular flexibility index (Phi) is 3.61. The molecule has 21 heavy (non-hydrogen) atoms. The average Bonchev–Trinajstić information content (AvgIpc) is 3.13. The summed E-state index contributed by atoms with van der Waals surface area (Å²) in [6, 6.07) is 7.15. The molecule has 1 heterocycles. The van der Waals surface area contributed by atoms with Gasteiger partial charge >= 0.3 is 0 Å². The van der Waals surface area contributed by atoms with Gasteiger partial charge in [-0.1, -0.05) is 33.8 Å². The van der Waals surface area contributed by atoms with Crippen molar-refractivity contribution < 1.29 is 4.42 Å². The number of hydrogen-bond acceptors (Lipinski definition) is 2. The van der Waals surface area contributed by atoms with E-state index in [0.29, 0.717) is 6.04 Å². The van der Waals surface area contributed by atoms with Crippen molar-refractivity contribution in [2.75, 3.05) is 6.54 Å². The molecule has 3 rings (SSSR count). The monoisotopic (exact) mass is 285 g/mol. The lowest BCUT2D eigenvalue weighted by molar-refractivity contribution is 0.400. The molecule has 1 aromatic heterocycles. The summed E-state index contributed by atoms with van der Waals surface area (Å²) in [4.78, 5) is 0. The third-order valence-electron chi connectivity index (χ3n) is 4.41. The minimum atomic E-state index is 0.104. The molecule has 2 aromatic rings. The zero-order valence-corrected chi connectivity index (χ0v) is 13.9. The Morgan fingerprint density at radius 3 is 2.52 bits per heavy atom. The van der Waals surface area contributed by atoms with Crippen LogP contribution < -0.4 is 5.32 Å². The number of hydrogen-bond donors (Lipinski definition) is 1. The molecule has 2 heteroatoms. The van der Waals surface area contributed by atoms with Crippen LogP contribution in [0.5, 0.6) is 0 Å². The van der Waals surface area contributed by atoms with Crippen LogP contribution in [0.1, 0.15) is 63.5 Å². The maximum absolute atomic E-state index is 6.33. The molecule has 1 fully saturated rings. The quantitative estimate of drug-likeness (QED) is 0.845. The first kappa shape index (κ1) is 14.6. The lowest BCUT2D eigenvalue weighted by Gasteiger charge is -2.20. The number of furan rings is 1. The highest BCUT2D eigenvalue weighted by Crippen LogP contribution is 2.43. The number of aryl methyl sites for hydroxylation is 1. The zero-order chi connectivity index (χ0) is 15.2. The van der Waals surface area contributed by atoms with Gasteiger partial charge in [-0.3, -0.25) is 0 Å². The summed E-state index contributed by atoms with van der Waals surface area (Å²) in [5, 5.41) is 4.85. The Morgan fingerprint density at radius 1 is 1.24 bits per heavy atom. The second kappa shape index (κ2) is 5.17. The standard InChI is InChI=1S/C19H27NO/c1-6-20-17(13-7-8-13)16-11-14-9-12(2)10-15(18(14)21-16)19(3,4)5/h9-11,13,17,20H,6-8H2,1-5H3. The summed E-state index contributed by atoms with van der Waals surface area (Å²) in [7, 11) is 0. The molecule has 1 aliphatic carbocycles. The predicted octanol–water partition coefficient (Wildman–Crippen LogP) is 5.10. The van der Waals surface area contributed by atoms with E-state index in [1.54, 1.807) is 0 Å². The van der Waals surface area contributed by atoms with E-state index in [2.05, 4.69) is 58.1 Å². The fourth-order valence-electron chi connectivity index (χ4n) is 3.18. The van der Waals surface area contributed by atoms with Crippen molar-refractivity contribution in [1.82, 2.24) is 5.32 Å². The highest BCUT2D eigenvalue weighted by Gasteiger charge is 2.34. The highest BCUT2D eigenvalue weighted by atomic mass is 16.3. The number of nitrogens with one attached hydrogen (secondary N) is 1. The van der Waals surface area contributed by atoms with Gasteiger partial charge < -0.3 is 9.73 Å². The Balaban J connectivity index is 2.10. The van der Waals surface area contributed by atoms with Crippen LogP contribution in [-0.4, -0.2) is 6.54 Å². The summed E-state index contributed by atoms with van der Waals surface area (Å²) in [6.45, 7) is 12.1. The van der Waals surface area contributed by atoms with Gasteiger partial charge in [0.05, 0.1) is 6.04 Å². The Labute approximate surface area is 127 Å². The van der Waals surface area contributed by atoms with E-state index in [-0.39, 0.29) is 5.41 Å². The molecule has 0 radical (unpaired) electrons. The first-order valence-corrected chi connectivity index (χ1v) is 8.18. The third kappa shape index (κ3) is 2.87. The molecule has 0 saturated heterocycles. The molecule has 0 bridgehead atoms. The predicted molar refractivity (Wildman–Crippen MR) is 88.8 cm³/mol. The summed E-state index contributed by atoms with van der Waals surface area (Å²) < 4.78 is 6.33. The van der Waals surface area contributed by atoms with Crippen LogP contribution in [0, 0.1) is 12.8 Å². The third-order valence-corrected chi connectivity index (χ3v) is 4.41. The van der Waals surface area contributed by atoms with E-state index in [1.165, 1.54) is 29.4 Å². The summed E-state index contributed by atoms with van der Waals surface area (Å²) >= 11 is 0. The van der Waals surface area contributed by atoms with Gasteiger partial charge in [-0.2, -0.15) is 0 Å². The first-order chi connectivity index (χ1) is 9.90. The molecule has 1 aliphatic rings. The molecule has 2 nitrogen and oxygen atoms in total. The minimum absolute atomic E-state index is 0.104. The van der Waals surface area contributed by atoms with Gasteiger partial charge in [-0.25, -0.2) is 0 Å². The minimum Gasteiger partial charge on any atom is -0.459 e. The van der Waals surface area contributed by atoms with Crippen molar-refractivity contribution in [3.05, 3.63) is 35.1 Å². The highest BCUT2D eigenvalue weighted by molar-refractivity contribution is 5.83. The molecule has 1 atom stereocenters. The van der Waals surface area contributed by atoms with Crippen molar-refractivity contribution in [2.24, 2.45) is 5.92 Å². The molecule has 0 spiro atoms. The molecule has 1 saturated carbocycles. The van der Waals surface area contributed by atoms with E-state index in [1.807, 2.05) is 0 Å². The van der Waals surface area contributed by atoms with Gasteiger partial charge in [0, 0.05) is 10.9 Å². The van der Waals surface area contributed by atoms with E-state index < -0.39 is 0 Å². The number of benzene rings is 1. The fourth-order valence-corrected chi connectivity index (χ4v) is 3.18. The molecular weight excluding hydrogens is 258 g/mol. The van der Waals surface area contributed by atoms with Crippen molar-refractivity contribution >= 4 is 11.0 Å². The van der Waals surface area contributed by atoms with Crippen LogP contribution in [0.25, 0.3) is 11.0 Å². The summed E-state index contributed by atoms with van der Waals surface area (Å²) in [5.74, 6) is 1.87. The van der Waals surface area contributed by atoms with Crippen LogP contribution in [0.2, 0.25) is 0 Å². The van der Waals surface area contributed by atoms with Gasteiger partial charge in [0.1, 0.15) is 11.3 Å². The van der Waals surface area contributed by atoms with E-state index in [0.717, 1.165) is 23.8 Å². The van der Waals surface area contributed by atoms with Gasteiger partial charge in [0.25, 0.3) is 0 Å². The largest absolute Gasteiger partial charge is 0.459 e. The fraction of sp³-hybridized carbons (Fsp3) is 0.579. The van der Waals surface area contributed by atoms with E-state index in [9.17, 15) is 0 Å². The smallest absolute Gasteiger partial charge is 0.138 e. The lowest BCUT2D eigenvalue weighted by atomic mass is 9.85. The summed E-state index contributed by atoms with van der Waals surface area (Å²) in [5.41, 5.74) is 3.81. The SMILES string of the molecule is CCNC(c1cc2cc(C)cc(C(C)(C)C)c2o1)C1CC1. The second-order valence-corrected chi connectivity index (χ2v) is 7.50. The maximum Gasteiger partial charge on any atom is 0.138 e. The molecule has 1 unspecified atom stereocenters. The van der Waals surface area contributed by atoms with Crippen molar-refractivity contribution in [1.29, 1.82) is 0 Å². The Morgan fingerprint density at radius 2 is 1.95 bits per heavy atom. The van der Waals surface area contributed by atoms with Gasteiger partial charge in [-0.15, -0.1) is 0 Å². The molecular formula is C19H27NO. The van der Waals surface area contributed by atoms with E-state index in [4.69, 9.17) is 4.42 Å². The molecule has 0 aliphatic heterocycles. The van der Waals surface area contributed by atoms with Crippen LogP contribution in [0.15, 0.2) is 22.6 Å². The average molecular weight is 285 g/mol. The van der Waals surface area contributed by atoms with Crippen LogP contribution in [-0.2, 0) is 5.41 Å². The van der Waals surface area contributed by atoms with Gasteiger partial charge in [0.2, 0.25) is 0 Å². The number of fused-ring (bicyclic) bond motifs is 1. The first-order valence-electron chi connectivity index (χ1n) is 8.18. The van der Waals surface area contributed by atoms with Gasteiger partial charge in [-0.05, 0) is 55.3 Å². The zero-order valence-electron chi connectivity index (χ0n) is 13.9. The topological polar surface area (TPSA) is 25.2 Å². The number of rotatable bonds is 4. The molecule has 1 aromatic carbocycles. The summed E-state index contributed by atoms with van der Waals surface area (Å²) in [6.07, 6.45) is 2.64. The van der Waals surface area contributed by atoms with Crippen molar-refractivity contribution in [2.45, 2.75) is 58.9 Å². The lowest BCUT2D eigenvalue weighted by Crippen LogP contribution is -2.22. The van der Waals surface area contributed by atoms with Crippen LogP contribution in [0.3, 0.4) is 0 Å².